The van der Waals surface area contributed by atoms with E-state index < -0.39 is 0 Å². The average molecular weight is 429 g/mol. The third kappa shape index (κ3) is 5.09. The fraction of sp³-hybridized carbons (Fsp3) is 0. The maximum atomic E-state index is 3.31. The van der Waals surface area contributed by atoms with Gasteiger partial charge >= 0.3 is 0 Å². The Balaban J connectivity index is 1.45. The zero-order chi connectivity index (χ0) is 23.0. The first-order valence-electron chi connectivity index (χ1n) is 11.1. The van der Waals surface area contributed by atoms with Crippen LogP contribution in [0, 0.1) is 35.5 Å². The molecule has 0 saturated carbocycles. The van der Waals surface area contributed by atoms with Crippen molar-refractivity contribution in [1.29, 1.82) is 0 Å². The molecule has 0 radical (unpaired) electrons. The van der Waals surface area contributed by atoms with Crippen molar-refractivity contribution in [3.05, 3.63) is 155 Å². The van der Waals surface area contributed by atoms with Gasteiger partial charge in [-0.15, -0.1) is 0 Å². The van der Waals surface area contributed by atoms with Crippen molar-refractivity contribution in [1.82, 2.24) is 0 Å². The molecule has 0 unspecified atom stereocenters. The molecule has 0 nitrogen and oxygen atoms in total. The monoisotopic (exact) mass is 428 g/mol. The molecule has 0 N–H and O–H groups in total. The fourth-order valence-corrected chi connectivity index (χ4v) is 3.60. The van der Waals surface area contributed by atoms with Crippen LogP contribution in [-0.2, 0) is 0 Å². The lowest BCUT2D eigenvalue weighted by atomic mass is 10.0. The van der Waals surface area contributed by atoms with Crippen LogP contribution in [0.25, 0.3) is 10.8 Å². The summed E-state index contributed by atoms with van der Waals surface area (Å²) in [4.78, 5) is 0. The number of hydrogen-bond acceptors (Lipinski definition) is 0. The second kappa shape index (κ2) is 10.1. The van der Waals surface area contributed by atoms with Crippen LogP contribution in [0.2, 0.25) is 0 Å². The topological polar surface area (TPSA) is 0 Å². The summed E-state index contributed by atoms with van der Waals surface area (Å²) in [7, 11) is 0. The largest absolute Gasteiger partial charge is 0.0622 e. The van der Waals surface area contributed by atoms with Crippen molar-refractivity contribution >= 4 is 10.8 Å². The lowest BCUT2D eigenvalue weighted by molar-refractivity contribution is 1.56. The first kappa shape index (κ1) is 20.9. The molecule has 34 heavy (non-hydrogen) atoms. The maximum Gasteiger partial charge on any atom is 0.0405 e. The van der Waals surface area contributed by atoms with Gasteiger partial charge in [-0.1, -0.05) is 108 Å². The summed E-state index contributed by atoms with van der Waals surface area (Å²) in [6.45, 7) is 0. The zero-order valence-corrected chi connectivity index (χ0v) is 18.5. The highest BCUT2D eigenvalue weighted by molar-refractivity contribution is 5.83. The Bertz CT molecular complexity index is 1650. The highest BCUT2D eigenvalue weighted by Gasteiger charge is 1.98. The van der Waals surface area contributed by atoms with Crippen LogP contribution < -0.4 is 0 Å². The maximum absolute atomic E-state index is 3.31. The van der Waals surface area contributed by atoms with Crippen LogP contribution in [-0.4, -0.2) is 0 Å². The Kier molecular flexibility index (Phi) is 6.22. The van der Waals surface area contributed by atoms with Crippen molar-refractivity contribution in [3.63, 3.8) is 0 Å². The van der Waals surface area contributed by atoms with Crippen molar-refractivity contribution in [2.24, 2.45) is 0 Å². The summed E-state index contributed by atoms with van der Waals surface area (Å²) in [6, 6.07) is 40.6. The van der Waals surface area contributed by atoms with Crippen molar-refractivity contribution in [2.45, 2.75) is 0 Å². The summed E-state index contributed by atoms with van der Waals surface area (Å²) in [6.07, 6.45) is 0. The SMILES string of the molecule is C(#Cc1ccccc1C#Cc1ccccc1C#Cc1ccc2ccccc2c1)c1ccccc1. The Labute approximate surface area is 200 Å². The molecule has 0 heteroatoms. The molecule has 0 saturated heterocycles. The summed E-state index contributed by atoms with van der Waals surface area (Å²) in [5.41, 5.74) is 5.61. The summed E-state index contributed by atoms with van der Waals surface area (Å²) in [5, 5.41) is 2.41. The molecule has 0 aliphatic rings. The van der Waals surface area contributed by atoms with Gasteiger partial charge in [0.05, 0.1) is 0 Å². The Morgan fingerprint density at radius 2 is 0.735 bits per heavy atom. The summed E-state index contributed by atoms with van der Waals surface area (Å²) >= 11 is 0. The van der Waals surface area contributed by atoms with E-state index in [2.05, 4.69) is 65.9 Å². The lowest BCUT2D eigenvalue weighted by Crippen LogP contribution is -1.86. The van der Waals surface area contributed by atoms with Crippen molar-refractivity contribution in [3.8, 4) is 35.5 Å². The second-order valence-electron chi connectivity index (χ2n) is 7.77. The molecule has 5 aromatic rings. The standard InChI is InChI=1S/C34H20/c1-2-10-27(11-3-1)18-21-29-12-4-6-14-31(29)24-25-32-15-7-5-13-30(32)22-19-28-20-23-33-16-8-9-17-34(33)26-28/h1-17,20,23,26H. The molecule has 0 fully saturated rings. The van der Waals surface area contributed by atoms with Gasteiger partial charge in [-0.3, -0.25) is 0 Å². The molecule has 0 bridgehead atoms. The molecule has 5 rings (SSSR count). The van der Waals surface area contributed by atoms with Gasteiger partial charge < -0.3 is 0 Å². The van der Waals surface area contributed by atoms with Crippen LogP contribution in [0.1, 0.15) is 33.4 Å². The minimum Gasteiger partial charge on any atom is -0.0622 e. The van der Waals surface area contributed by atoms with E-state index in [-0.39, 0.29) is 0 Å². The number of fused-ring (bicyclic) bond motifs is 1. The summed E-state index contributed by atoms with van der Waals surface area (Å²) < 4.78 is 0. The van der Waals surface area contributed by atoms with E-state index in [9.17, 15) is 0 Å². The van der Waals surface area contributed by atoms with Gasteiger partial charge in [-0.25, -0.2) is 0 Å². The molecular weight excluding hydrogens is 408 g/mol. The van der Waals surface area contributed by atoms with E-state index in [1.807, 2.05) is 91.0 Å². The van der Waals surface area contributed by atoms with E-state index in [0.29, 0.717) is 0 Å². The number of hydrogen-bond donors (Lipinski definition) is 0. The number of benzene rings is 5. The van der Waals surface area contributed by atoms with E-state index in [0.717, 1.165) is 33.4 Å². The predicted molar refractivity (Wildman–Crippen MR) is 141 cm³/mol. The van der Waals surface area contributed by atoms with Crippen LogP contribution in [0.15, 0.2) is 121 Å². The van der Waals surface area contributed by atoms with Crippen molar-refractivity contribution in [2.75, 3.05) is 0 Å². The molecule has 0 spiro atoms. The third-order valence-corrected chi connectivity index (χ3v) is 5.39. The van der Waals surface area contributed by atoms with Gasteiger partial charge in [0.15, 0.2) is 0 Å². The smallest absolute Gasteiger partial charge is 0.0405 e. The van der Waals surface area contributed by atoms with Crippen LogP contribution >= 0.6 is 0 Å². The summed E-state index contributed by atoms with van der Waals surface area (Å²) in [5.74, 6) is 19.7. The molecular formula is C34H20. The van der Waals surface area contributed by atoms with Gasteiger partial charge in [0.25, 0.3) is 0 Å². The van der Waals surface area contributed by atoms with Gasteiger partial charge in [0.1, 0.15) is 0 Å². The molecule has 0 aromatic heterocycles. The highest BCUT2D eigenvalue weighted by Crippen LogP contribution is 2.15. The van der Waals surface area contributed by atoms with E-state index in [1.54, 1.807) is 0 Å². The second-order valence-corrected chi connectivity index (χ2v) is 7.77. The van der Waals surface area contributed by atoms with Gasteiger partial charge in [0.2, 0.25) is 0 Å². The van der Waals surface area contributed by atoms with Gasteiger partial charge in [-0.2, -0.15) is 0 Å². The van der Waals surface area contributed by atoms with Gasteiger partial charge in [0, 0.05) is 33.4 Å². The van der Waals surface area contributed by atoms with Crippen LogP contribution in [0.3, 0.4) is 0 Å². The fourth-order valence-electron chi connectivity index (χ4n) is 3.60. The Morgan fingerprint density at radius 3 is 1.32 bits per heavy atom. The predicted octanol–water partition coefficient (Wildman–Crippen LogP) is 7.04. The normalized spacial score (nSPS) is 9.65. The van der Waals surface area contributed by atoms with Crippen LogP contribution in [0.4, 0.5) is 0 Å². The Hall–Kier alpha value is -4.96. The van der Waals surface area contributed by atoms with E-state index >= 15 is 0 Å². The molecule has 156 valence electrons. The third-order valence-electron chi connectivity index (χ3n) is 5.39. The minimum absolute atomic E-state index is 0.904. The minimum atomic E-state index is 0.904. The first-order valence-corrected chi connectivity index (χ1v) is 11.1. The van der Waals surface area contributed by atoms with E-state index in [1.165, 1.54) is 10.8 Å². The first-order chi connectivity index (χ1) is 16.8. The molecule has 0 aliphatic heterocycles. The zero-order valence-electron chi connectivity index (χ0n) is 18.5. The number of rotatable bonds is 0. The quantitative estimate of drug-likeness (QED) is 0.232. The van der Waals surface area contributed by atoms with E-state index in [4.69, 9.17) is 0 Å². The Morgan fingerprint density at radius 1 is 0.294 bits per heavy atom. The molecule has 0 amide bonds. The molecule has 0 atom stereocenters. The molecule has 0 heterocycles. The van der Waals surface area contributed by atoms with Crippen molar-refractivity contribution < 1.29 is 0 Å². The average Bonchev–Trinajstić information content (AvgIpc) is 2.91. The lowest BCUT2D eigenvalue weighted by Gasteiger charge is -1.99. The molecule has 0 aliphatic carbocycles. The van der Waals surface area contributed by atoms with Crippen LogP contribution in [0.5, 0.6) is 0 Å². The van der Waals surface area contributed by atoms with Gasteiger partial charge in [-0.05, 0) is 59.3 Å². The highest BCUT2D eigenvalue weighted by atomic mass is 14.0. The molecule has 5 aromatic carbocycles.